The van der Waals surface area contributed by atoms with Crippen LogP contribution in [0.15, 0.2) is 16.9 Å². The van der Waals surface area contributed by atoms with Crippen LogP contribution in [-0.4, -0.2) is 15.9 Å². The molecule has 1 amide bonds. The lowest BCUT2D eigenvalue weighted by Gasteiger charge is -2.10. The third-order valence-corrected chi connectivity index (χ3v) is 3.61. The van der Waals surface area contributed by atoms with Crippen LogP contribution in [0, 0.1) is 20.8 Å². The van der Waals surface area contributed by atoms with Gasteiger partial charge < -0.3 is 16.0 Å². The van der Waals surface area contributed by atoms with Gasteiger partial charge in [-0.3, -0.25) is 9.59 Å². The summed E-state index contributed by atoms with van der Waals surface area (Å²) in [6.07, 6.45) is 0. The van der Waals surface area contributed by atoms with Gasteiger partial charge in [-0.2, -0.15) is 0 Å². The zero-order chi connectivity index (χ0) is 16.4. The van der Waals surface area contributed by atoms with Crippen LogP contribution in [0.4, 0.5) is 5.69 Å². The molecule has 6 nitrogen and oxygen atoms in total. The number of pyridine rings is 2. The van der Waals surface area contributed by atoms with Gasteiger partial charge in [0.05, 0.1) is 0 Å². The first-order chi connectivity index (χ1) is 10.3. The molecule has 2 heterocycles. The summed E-state index contributed by atoms with van der Waals surface area (Å²) in [7, 11) is 0. The Morgan fingerprint density at radius 1 is 1.36 bits per heavy atom. The smallest absolute Gasteiger partial charge is 0.270 e. The molecule has 2 aromatic rings. The normalized spacial score (nSPS) is 10.5. The van der Waals surface area contributed by atoms with Crippen molar-refractivity contribution in [3.8, 4) is 0 Å². The summed E-state index contributed by atoms with van der Waals surface area (Å²) in [6, 6.07) is 3.34. The lowest BCUT2D eigenvalue weighted by atomic mass is 10.1. The highest BCUT2D eigenvalue weighted by Crippen LogP contribution is 2.18. The zero-order valence-corrected chi connectivity index (χ0v) is 13.3. The molecule has 0 aliphatic heterocycles. The summed E-state index contributed by atoms with van der Waals surface area (Å²) in [4.78, 5) is 30.9. The second-order valence-electron chi connectivity index (χ2n) is 5.13. The van der Waals surface area contributed by atoms with E-state index < -0.39 is 5.91 Å². The number of nitrogen functional groups attached to an aromatic ring is 1. The summed E-state index contributed by atoms with van der Waals surface area (Å²) in [6.45, 7) is 5.43. The van der Waals surface area contributed by atoms with Crippen molar-refractivity contribution < 1.29 is 4.79 Å². The first-order valence-electron chi connectivity index (χ1n) is 6.69. The Morgan fingerprint density at radius 2 is 2.05 bits per heavy atom. The molecule has 0 saturated heterocycles. The predicted molar refractivity (Wildman–Crippen MR) is 86.1 cm³/mol. The number of carbonyl (C=O) groups is 1. The van der Waals surface area contributed by atoms with E-state index in [1.165, 1.54) is 6.07 Å². The number of nitrogens with zero attached hydrogens (tertiary/aromatic N) is 1. The van der Waals surface area contributed by atoms with Gasteiger partial charge in [-0.05, 0) is 38.5 Å². The fourth-order valence-electron chi connectivity index (χ4n) is 2.17. The molecule has 0 aromatic carbocycles. The van der Waals surface area contributed by atoms with E-state index in [1.807, 2.05) is 13.0 Å². The van der Waals surface area contributed by atoms with E-state index in [2.05, 4.69) is 15.3 Å². The maximum Gasteiger partial charge on any atom is 0.270 e. The van der Waals surface area contributed by atoms with E-state index >= 15 is 0 Å². The summed E-state index contributed by atoms with van der Waals surface area (Å²) in [5, 5.41) is 2.83. The van der Waals surface area contributed by atoms with Crippen molar-refractivity contribution in [2.75, 3.05) is 5.73 Å². The Hall–Kier alpha value is -2.34. The van der Waals surface area contributed by atoms with Crippen molar-refractivity contribution in [3.63, 3.8) is 0 Å². The minimum Gasteiger partial charge on any atom is -0.398 e. The third-order valence-electron chi connectivity index (χ3n) is 3.42. The van der Waals surface area contributed by atoms with E-state index in [0.29, 0.717) is 16.8 Å². The molecule has 0 aliphatic carbocycles. The average Bonchev–Trinajstić information content (AvgIpc) is 2.41. The van der Waals surface area contributed by atoms with Gasteiger partial charge in [-0.25, -0.2) is 4.98 Å². The van der Waals surface area contributed by atoms with Crippen molar-refractivity contribution in [3.05, 3.63) is 55.7 Å². The number of nitrogens with two attached hydrogens (primary N) is 1. The third kappa shape index (κ3) is 3.28. The van der Waals surface area contributed by atoms with Crippen LogP contribution in [0.2, 0.25) is 5.15 Å². The van der Waals surface area contributed by atoms with Crippen molar-refractivity contribution in [1.29, 1.82) is 0 Å². The largest absolute Gasteiger partial charge is 0.398 e. The predicted octanol–water partition coefficient (Wildman–Crippen LogP) is 1.86. The number of carbonyl (C=O) groups excluding carboxylic acids is 1. The molecule has 0 spiro atoms. The number of anilines is 1. The molecule has 22 heavy (non-hydrogen) atoms. The number of H-pyrrole nitrogens is 1. The number of aryl methyl sites for hydroxylation is 2. The number of aromatic nitrogens is 2. The van der Waals surface area contributed by atoms with Gasteiger partial charge in [0.1, 0.15) is 10.8 Å². The first kappa shape index (κ1) is 16.0. The lowest BCUT2D eigenvalue weighted by molar-refractivity contribution is 0.0945. The number of aromatic amines is 1. The summed E-state index contributed by atoms with van der Waals surface area (Å²) >= 11 is 5.83. The maximum atomic E-state index is 12.2. The second-order valence-corrected chi connectivity index (χ2v) is 5.52. The first-order valence-corrected chi connectivity index (χ1v) is 7.07. The number of amides is 1. The Balaban J connectivity index is 2.23. The molecule has 0 aliphatic rings. The van der Waals surface area contributed by atoms with Crippen molar-refractivity contribution in [1.82, 2.24) is 15.3 Å². The highest BCUT2D eigenvalue weighted by molar-refractivity contribution is 6.29. The van der Waals surface area contributed by atoms with Crippen LogP contribution in [0.5, 0.6) is 0 Å². The average molecular weight is 321 g/mol. The number of halogens is 1. The van der Waals surface area contributed by atoms with Crippen LogP contribution < -0.4 is 16.6 Å². The minimum atomic E-state index is -0.425. The van der Waals surface area contributed by atoms with Crippen LogP contribution in [0.1, 0.15) is 32.9 Å². The molecule has 0 unspecified atom stereocenters. The molecule has 0 radical (unpaired) electrons. The molecule has 7 heteroatoms. The molecule has 116 valence electrons. The van der Waals surface area contributed by atoms with Gasteiger partial charge in [0.2, 0.25) is 0 Å². The van der Waals surface area contributed by atoms with Crippen molar-refractivity contribution in [2.24, 2.45) is 0 Å². The highest BCUT2D eigenvalue weighted by Gasteiger charge is 2.15. The van der Waals surface area contributed by atoms with Gasteiger partial charge in [-0.15, -0.1) is 0 Å². The molecule has 4 N–H and O–H groups in total. The van der Waals surface area contributed by atoms with Gasteiger partial charge in [0.15, 0.2) is 0 Å². The zero-order valence-electron chi connectivity index (χ0n) is 12.6. The van der Waals surface area contributed by atoms with Crippen LogP contribution in [0.25, 0.3) is 0 Å². The van der Waals surface area contributed by atoms with Crippen molar-refractivity contribution >= 4 is 23.2 Å². The summed E-state index contributed by atoms with van der Waals surface area (Å²) in [5.41, 5.74) is 8.76. The summed E-state index contributed by atoms with van der Waals surface area (Å²) < 4.78 is 0. The number of nitrogens with one attached hydrogen (secondary N) is 2. The molecule has 0 atom stereocenters. The van der Waals surface area contributed by atoms with E-state index in [9.17, 15) is 9.59 Å². The SMILES string of the molecule is Cc1cc(C)c(CNC(=O)c2nc(Cl)cc(N)c2C)c(=O)[nH]1. The molecule has 2 aromatic heterocycles. The Bertz CT molecular complexity index is 799. The van der Waals surface area contributed by atoms with Gasteiger partial charge in [0, 0.05) is 29.1 Å². The molecule has 0 saturated carbocycles. The Labute approximate surface area is 132 Å². The molecule has 0 bridgehead atoms. The van der Waals surface area contributed by atoms with Gasteiger partial charge in [-0.1, -0.05) is 11.6 Å². The van der Waals surface area contributed by atoms with Crippen LogP contribution >= 0.6 is 11.6 Å². The van der Waals surface area contributed by atoms with E-state index in [4.69, 9.17) is 17.3 Å². The van der Waals surface area contributed by atoms with Gasteiger partial charge >= 0.3 is 0 Å². The van der Waals surface area contributed by atoms with E-state index in [-0.39, 0.29) is 23.0 Å². The maximum absolute atomic E-state index is 12.2. The van der Waals surface area contributed by atoms with E-state index in [1.54, 1.807) is 13.8 Å². The Kier molecular flexibility index (Phi) is 4.51. The van der Waals surface area contributed by atoms with Crippen molar-refractivity contribution in [2.45, 2.75) is 27.3 Å². The molecular formula is C15H17ClN4O2. The molecular weight excluding hydrogens is 304 g/mol. The molecule has 0 fully saturated rings. The van der Waals surface area contributed by atoms with Crippen LogP contribution in [-0.2, 0) is 6.54 Å². The topological polar surface area (TPSA) is 101 Å². The highest BCUT2D eigenvalue weighted by atomic mass is 35.5. The monoisotopic (exact) mass is 320 g/mol. The van der Waals surface area contributed by atoms with Gasteiger partial charge in [0.25, 0.3) is 11.5 Å². The number of hydrogen-bond acceptors (Lipinski definition) is 4. The Morgan fingerprint density at radius 3 is 2.68 bits per heavy atom. The second kappa shape index (κ2) is 6.19. The fraction of sp³-hybridized carbons (Fsp3) is 0.267. The summed E-state index contributed by atoms with van der Waals surface area (Å²) in [5.74, 6) is -0.425. The number of hydrogen-bond donors (Lipinski definition) is 3. The fourth-order valence-corrected chi connectivity index (χ4v) is 2.37. The molecule has 2 rings (SSSR count). The lowest BCUT2D eigenvalue weighted by Crippen LogP contribution is -2.29. The van der Waals surface area contributed by atoms with E-state index in [0.717, 1.165) is 11.3 Å². The standard InChI is InChI=1S/C15H17ClN4O2/c1-7-4-8(2)19-14(21)10(7)6-18-15(22)13-9(3)11(17)5-12(16)20-13/h4-5H,6H2,1-3H3,(H2,17,20)(H,18,22)(H,19,21). The number of rotatable bonds is 3. The minimum absolute atomic E-state index is 0.105. The van der Waals surface area contributed by atoms with Crippen LogP contribution in [0.3, 0.4) is 0 Å². The quantitative estimate of drug-likeness (QED) is 0.751.